The van der Waals surface area contributed by atoms with Crippen molar-refractivity contribution >= 4 is 18.0 Å². The monoisotopic (exact) mass is 478 g/mol. The Bertz CT molecular complexity index is 1090. The van der Waals surface area contributed by atoms with E-state index in [0.29, 0.717) is 13.0 Å². The third-order valence-corrected chi connectivity index (χ3v) is 7.68. The SMILES string of the molecule is O=C(NC[C@H]1CCC[C@H]1C(=O)N1C[C@H](O)C[C@H]1C(=O)O)OCC1c2ccccc2-c2ccccc21. The lowest BCUT2D eigenvalue weighted by atomic mass is 9.94. The number of aliphatic carboxylic acids is 1. The maximum absolute atomic E-state index is 13.1. The lowest BCUT2D eigenvalue weighted by molar-refractivity contribution is -0.150. The number of amides is 2. The van der Waals surface area contributed by atoms with E-state index < -0.39 is 24.2 Å². The Balaban J connectivity index is 1.17. The van der Waals surface area contributed by atoms with Gasteiger partial charge >= 0.3 is 12.1 Å². The minimum absolute atomic E-state index is 0.0245. The van der Waals surface area contributed by atoms with Crippen LogP contribution in [-0.2, 0) is 14.3 Å². The Labute approximate surface area is 203 Å². The number of carboxylic acids is 1. The van der Waals surface area contributed by atoms with Crippen molar-refractivity contribution in [2.24, 2.45) is 11.8 Å². The summed E-state index contributed by atoms with van der Waals surface area (Å²) < 4.78 is 5.60. The molecule has 0 spiro atoms. The minimum atomic E-state index is -1.10. The van der Waals surface area contributed by atoms with Crippen LogP contribution in [0.1, 0.15) is 42.7 Å². The average Bonchev–Trinajstić information content (AvgIpc) is 3.57. The fourth-order valence-corrected chi connectivity index (χ4v) is 5.97. The number of fused-ring (bicyclic) bond motifs is 3. The summed E-state index contributed by atoms with van der Waals surface area (Å²) in [6.07, 6.45) is 0.963. The van der Waals surface area contributed by atoms with Gasteiger partial charge in [0.15, 0.2) is 0 Å². The van der Waals surface area contributed by atoms with Gasteiger partial charge in [-0.1, -0.05) is 55.0 Å². The summed E-state index contributed by atoms with van der Waals surface area (Å²) in [6, 6.07) is 15.3. The van der Waals surface area contributed by atoms with Crippen LogP contribution in [-0.4, -0.2) is 64.9 Å². The highest BCUT2D eigenvalue weighted by Gasteiger charge is 2.44. The second-order valence-corrected chi connectivity index (χ2v) is 9.74. The maximum Gasteiger partial charge on any atom is 0.407 e. The first-order chi connectivity index (χ1) is 16.9. The highest BCUT2D eigenvalue weighted by atomic mass is 16.5. The molecule has 2 aromatic carbocycles. The van der Waals surface area contributed by atoms with E-state index >= 15 is 0 Å². The molecule has 0 bridgehead atoms. The summed E-state index contributed by atoms with van der Waals surface area (Å²) in [7, 11) is 0. The minimum Gasteiger partial charge on any atom is -0.480 e. The van der Waals surface area contributed by atoms with Crippen LogP contribution in [0.3, 0.4) is 0 Å². The number of carbonyl (C=O) groups is 3. The summed E-state index contributed by atoms with van der Waals surface area (Å²) >= 11 is 0. The van der Waals surface area contributed by atoms with Gasteiger partial charge in [0.2, 0.25) is 5.91 Å². The van der Waals surface area contributed by atoms with E-state index in [9.17, 15) is 24.6 Å². The van der Waals surface area contributed by atoms with Crippen LogP contribution in [0.5, 0.6) is 0 Å². The van der Waals surface area contributed by atoms with Crippen LogP contribution >= 0.6 is 0 Å². The van der Waals surface area contributed by atoms with Crippen LogP contribution in [0.25, 0.3) is 11.1 Å². The molecule has 2 aliphatic carbocycles. The van der Waals surface area contributed by atoms with Gasteiger partial charge < -0.3 is 25.2 Å². The number of nitrogens with one attached hydrogen (secondary N) is 1. The smallest absolute Gasteiger partial charge is 0.407 e. The number of nitrogens with zero attached hydrogens (tertiary/aromatic N) is 1. The molecular formula is C27H30N2O6. The topological polar surface area (TPSA) is 116 Å². The number of hydrogen-bond donors (Lipinski definition) is 3. The van der Waals surface area contributed by atoms with Crippen LogP contribution in [0, 0.1) is 11.8 Å². The molecule has 1 saturated heterocycles. The molecule has 2 aromatic rings. The fraction of sp³-hybridized carbons (Fsp3) is 0.444. The van der Waals surface area contributed by atoms with Gasteiger partial charge in [-0.2, -0.15) is 0 Å². The van der Waals surface area contributed by atoms with Gasteiger partial charge in [-0.15, -0.1) is 0 Å². The number of likely N-dealkylation sites (tertiary alicyclic amines) is 1. The Morgan fingerprint density at radius 1 is 1.00 bits per heavy atom. The highest BCUT2D eigenvalue weighted by molar-refractivity contribution is 5.86. The first kappa shape index (κ1) is 23.4. The number of aliphatic hydroxyl groups excluding tert-OH is 1. The highest BCUT2D eigenvalue weighted by Crippen LogP contribution is 2.44. The molecule has 4 atom stereocenters. The van der Waals surface area contributed by atoms with Crippen LogP contribution in [0.4, 0.5) is 4.79 Å². The molecule has 184 valence electrons. The molecule has 5 rings (SSSR count). The number of β-amino-alcohol motifs (C(OH)–C–C–N with tert-alkyl or cyclic N) is 1. The number of hydrogen-bond acceptors (Lipinski definition) is 5. The van der Waals surface area contributed by atoms with Crippen LogP contribution < -0.4 is 5.32 Å². The van der Waals surface area contributed by atoms with E-state index in [0.717, 1.165) is 35.1 Å². The summed E-state index contributed by atoms with van der Waals surface area (Å²) in [5, 5.41) is 22.1. The van der Waals surface area contributed by atoms with Crippen molar-refractivity contribution in [2.45, 2.75) is 43.7 Å². The van der Waals surface area contributed by atoms with Gasteiger partial charge in [0, 0.05) is 31.3 Å². The quantitative estimate of drug-likeness (QED) is 0.588. The van der Waals surface area contributed by atoms with Crippen molar-refractivity contribution in [3.63, 3.8) is 0 Å². The van der Waals surface area contributed by atoms with Crippen LogP contribution in [0.2, 0.25) is 0 Å². The van der Waals surface area contributed by atoms with Crippen molar-refractivity contribution in [2.75, 3.05) is 19.7 Å². The zero-order valence-corrected chi connectivity index (χ0v) is 19.4. The number of alkyl carbamates (subject to hydrolysis) is 1. The van der Waals surface area contributed by atoms with E-state index in [-0.39, 0.29) is 43.2 Å². The normalized spacial score (nSPS) is 25.2. The largest absolute Gasteiger partial charge is 0.480 e. The zero-order valence-electron chi connectivity index (χ0n) is 19.4. The molecule has 3 aliphatic rings. The van der Waals surface area contributed by atoms with Gasteiger partial charge in [-0.3, -0.25) is 4.79 Å². The molecule has 35 heavy (non-hydrogen) atoms. The molecule has 2 fully saturated rings. The lowest BCUT2D eigenvalue weighted by Crippen LogP contribution is -2.45. The van der Waals surface area contributed by atoms with E-state index in [1.54, 1.807) is 0 Å². The predicted octanol–water partition coefficient (Wildman–Crippen LogP) is 2.99. The number of ether oxygens (including phenoxy) is 1. The maximum atomic E-state index is 13.1. The van der Waals surface area contributed by atoms with Gasteiger partial charge in [-0.05, 0) is 41.0 Å². The van der Waals surface area contributed by atoms with Gasteiger partial charge in [0.25, 0.3) is 0 Å². The number of carboxylic acid groups (broad SMARTS) is 1. The second kappa shape index (κ2) is 9.70. The molecule has 1 heterocycles. The summed E-state index contributed by atoms with van der Waals surface area (Å²) in [6.45, 7) is 0.554. The molecule has 3 N–H and O–H groups in total. The lowest BCUT2D eigenvalue weighted by Gasteiger charge is -2.27. The van der Waals surface area contributed by atoms with Crippen molar-refractivity contribution < 1.29 is 29.3 Å². The second-order valence-electron chi connectivity index (χ2n) is 9.74. The van der Waals surface area contributed by atoms with Crippen molar-refractivity contribution in [3.05, 3.63) is 59.7 Å². The first-order valence-corrected chi connectivity index (χ1v) is 12.2. The van der Waals surface area contributed by atoms with Crippen molar-refractivity contribution in [3.8, 4) is 11.1 Å². The van der Waals surface area contributed by atoms with Gasteiger partial charge in [-0.25, -0.2) is 9.59 Å². The first-order valence-electron chi connectivity index (χ1n) is 12.2. The molecular weight excluding hydrogens is 448 g/mol. The third kappa shape index (κ3) is 4.50. The molecule has 0 unspecified atom stereocenters. The number of rotatable bonds is 6. The predicted molar refractivity (Wildman–Crippen MR) is 128 cm³/mol. The van der Waals surface area contributed by atoms with Gasteiger partial charge in [0.05, 0.1) is 6.10 Å². The standard InChI is InChI=1S/C27H30N2O6/c30-17-12-24(26(32)33)29(14-17)25(31)18-11-5-6-16(18)13-28-27(34)35-15-23-21-9-3-1-7-19(21)20-8-2-4-10-22(20)23/h1-4,7-10,16-18,23-24,30H,5-6,11-15H2,(H,28,34)(H,32,33)/t16-,17-,18-,24+/m1/s1. The molecule has 0 aromatic heterocycles. The summed E-state index contributed by atoms with van der Waals surface area (Å²) in [5.41, 5.74) is 4.61. The Morgan fingerprint density at radius 3 is 2.31 bits per heavy atom. The van der Waals surface area contributed by atoms with E-state index in [1.165, 1.54) is 4.90 Å². The molecule has 8 nitrogen and oxygen atoms in total. The Kier molecular flexibility index (Phi) is 6.47. The molecule has 2 amide bonds. The van der Waals surface area contributed by atoms with E-state index in [2.05, 4.69) is 29.6 Å². The Hall–Kier alpha value is -3.39. The molecule has 1 saturated carbocycles. The average molecular weight is 479 g/mol. The fourth-order valence-electron chi connectivity index (χ4n) is 5.97. The zero-order chi connectivity index (χ0) is 24.5. The molecule has 8 heteroatoms. The molecule has 1 aliphatic heterocycles. The number of benzene rings is 2. The number of aliphatic hydroxyl groups is 1. The van der Waals surface area contributed by atoms with Crippen molar-refractivity contribution in [1.29, 1.82) is 0 Å². The number of carbonyl (C=O) groups excluding carboxylic acids is 2. The third-order valence-electron chi connectivity index (χ3n) is 7.68. The van der Waals surface area contributed by atoms with Crippen LogP contribution in [0.15, 0.2) is 48.5 Å². The van der Waals surface area contributed by atoms with Gasteiger partial charge in [0.1, 0.15) is 12.6 Å². The Morgan fingerprint density at radius 2 is 1.66 bits per heavy atom. The summed E-state index contributed by atoms with van der Waals surface area (Å²) in [4.78, 5) is 38.5. The molecule has 0 radical (unpaired) electrons. The van der Waals surface area contributed by atoms with E-state index in [4.69, 9.17) is 4.74 Å². The van der Waals surface area contributed by atoms with Crippen molar-refractivity contribution in [1.82, 2.24) is 10.2 Å². The van der Waals surface area contributed by atoms with E-state index in [1.807, 2.05) is 24.3 Å². The summed E-state index contributed by atoms with van der Waals surface area (Å²) in [5.74, 6) is -1.82.